The van der Waals surface area contributed by atoms with E-state index in [0.717, 1.165) is 24.2 Å². The maximum atomic E-state index is 9.94. The smallest absolute Gasteiger partial charge is 0.122 e. The standard InChI is InChI=1S/C16H25NO3/c1-11(9-17)7-14(19)10-20-16-4-2-3-12-8-13(18)5-6-15(12)16/h2-4,11,13-14,18-19H,5-10,17H2,1H3. The van der Waals surface area contributed by atoms with Crippen molar-refractivity contribution in [3.05, 3.63) is 29.3 Å². The number of hydrogen-bond acceptors (Lipinski definition) is 4. The van der Waals surface area contributed by atoms with Crippen LogP contribution in [0.25, 0.3) is 0 Å². The van der Waals surface area contributed by atoms with Crippen molar-refractivity contribution in [1.82, 2.24) is 0 Å². The summed E-state index contributed by atoms with van der Waals surface area (Å²) >= 11 is 0. The lowest BCUT2D eigenvalue weighted by molar-refractivity contribution is 0.0869. The van der Waals surface area contributed by atoms with E-state index in [-0.39, 0.29) is 6.10 Å². The molecule has 1 aliphatic carbocycles. The van der Waals surface area contributed by atoms with Crippen molar-refractivity contribution in [2.24, 2.45) is 11.7 Å². The van der Waals surface area contributed by atoms with Gasteiger partial charge in [-0.25, -0.2) is 0 Å². The fourth-order valence-electron chi connectivity index (χ4n) is 2.70. The highest BCUT2D eigenvalue weighted by Crippen LogP contribution is 2.29. The number of aliphatic hydroxyl groups excluding tert-OH is 2. The molecule has 0 saturated carbocycles. The molecule has 3 unspecified atom stereocenters. The Labute approximate surface area is 120 Å². The molecule has 0 saturated heterocycles. The monoisotopic (exact) mass is 279 g/mol. The second kappa shape index (κ2) is 7.07. The lowest BCUT2D eigenvalue weighted by Crippen LogP contribution is -2.24. The van der Waals surface area contributed by atoms with Gasteiger partial charge in [0.25, 0.3) is 0 Å². The van der Waals surface area contributed by atoms with Crippen LogP contribution in [0.3, 0.4) is 0 Å². The number of ether oxygens (including phenoxy) is 1. The highest BCUT2D eigenvalue weighted by Gasteiger charge is 2.20. The predicted octanol–water partition coefficient (Wildman–Crippen LogP) is 1.26. The molecule has 0 bridgehead atoms. The van der Waals surface area contributed by atoms with E-state index in [2.05, 4.69) is 0 Å². The summed E-state index contributed by atoms with van der Waals surface area (Å²) in [5.41, 5.74) is 7.89. The van der Waals surface area contributed by atoms with Gasteiger partial charge < -0.3 is 20.7 Å². The van der Waals surface area contributed by atoms with Crippen molar-refractivity contribution in [3.8, 4) is 5.75 Å². The summed E-state index contributed by atoms with van der Waals surface area (Å²) in [6.07, 6.45) is 2.23. The van der Waals surface area contributed by atoms with E-state index in [1.807, 2.05) is 25.1 Å². The normalized spacial score (nSPS) is 21.1. The van der Waals surface area contributed by atoms with Crippen LogP contribution < -0.4 is 10.5 Å². The summed E-state index contributed by atoms with van der Waals surface area (Å²) in [4.78, 5) is 0. The van der Waals surface area contributed by atoms with Gasteiger partial charge in [-0.3, -0.25) is 0 Å². The minimum atomic E-state index is -0.487. The molecule has 112 valence electrons. The van der Waals surface area contributed by atoms with Gasteiger partial charge in [0, 0.05) is 0 Å². The summed E-state index contributed by atoms with van der Waals surface area (Å²) in [5, 5.41) is 19.6. The zero-order valence-electron chi connectivity index (χ0n) is 12.1. The Morgan fingerprint density at radius 1 is 1.45 bits per heavy atom. The number of nitrogens with two attached hydrogens (primary N) is 1. The Morgan fingerprint density at radius 3 is 3.00 bits per heavy atom. The van der Waals surface area contributed by atoms with Gasteiger partial charge in [-0.15, -0.1) is 0 Å². The van der Waals surface area contributed by atoms with Crippen LogP contribution in [0.15, 0.2) is 18.2 Å². The van der Waals surface area contributed by atoms with Crippen molar-refractivity contribution in [3.63, 3.8) is 0 Å². The van der Waals surface area contributed by atoms with Crippen LogP contribution in [0.2, 0.25) is 0 Å². The maximum Gasteiger partial charge on any atom is 0.122 e. The third-order valence-corrected chi connectivity index (χ3v) is 3.92. The van der Waals surface area contributed by atoms with Gasteiger partial charge in [-0.1, -0.05) is 19.1 Å². The number of fused-ring (bicyclic) bond motifs is 1. The lowest BCUT2D eigenvalue weighted by Gasteiger charge is -2.24. The molecule has 3 atom stereocenters. The average Bonchev–Trinajstić information content (AvgIpc) is 2.44. The van der Waals surface area contributed by atoms with E-state index in [0.29, 0.717) is 31.9 Å². The van der Waals surface area contributed by atoms with Crippen LogP contribution in [-0.4, -0.2) is 35.6 Å². The first-order chi connectivity index (χ1) is 9.60. The first kappa shape index (κ1) is 15.3. The van der Waals surface area contributed by atoms with Gasteiger partial charge in [0.2, 0.25) is 0 Å². The lowest BCUT2D eigenvalue weighted by atomic mass is 9.89. The van der Waals surface area contributed by atoms with E-state index in [9.17, 15) is 10.2 Å². The minimum absolute atomic E-state index is 0.242. The summed E-state index contributed by atoms with van der Waals surface area (Å²) < 4.78 is 5.77. The summed E-state index contributed by atoms with van der Waals surface area (Å²) in [5.74, 6) is 1.14. The van der Waals surface area contributed by atoms with Gasteiger partial charge >= 0.3 is 0 Å². The van der Waals surface area contributed by atoms with Crippen molar-refractivity contribution >= 4 is 0 Å². The first-order valence-electron chi connectivity index (χ1n) is 7.40. The van der Waals surface area contributed by atoms with E-state index in [1.54, 1.807) is 0 Å². The quantitative estimate of drug-likeness (QED) is 0.733. The van der Waals surface area contributed by atoms with Crippen molar-refractivity contribution in [2.45, 2.75) is 44.8 Å². The summed E-state index contributed by atoms with van der Waals surface area (Å²) in [7, 11) is 0. The predicted molar refractivity (Wildman–Crippen MR) is 78.8 cm³/mol. The molecule has 0 spiro atoms. The Hall–Kier alpha value is -1.10. The summed E-state index contributed by atoms with van der Waals surface area (Å²) in [6.45, 7) is 2.90. The molecular formula is C16H25NO3. The van der Waals surface area contributed by atoms with Crippen LogP contribution in [0.4, 0.5) is 0 Å². The number of benzene rings is 1. The fraction of sp³-hybridized carbons (Fsp3) is 0.625. The molecular weight excluding hydrogens is 254 g/mol. The van der Waals surface area contributed by atoms with E-state index < -0.39 is 6.10 Å². The molecule has 1 aliphatic rings. The summed E-state index contributed by atoms with van der Waals surface area (Å²) in [6, 6.07) is 5.92. The molecule has 1 aromatic rings. The SMILES string of the molecule is CC(CN)CC(O)COc1cccc2c1CCC(O)C2. The van der Waals surface area contributed by atoms with E-state index in [4.69, 9.17) is 10.5 Å². The van der Waals surface area contributed by atoms with Gasteiger partial charge in [0.05, 0.1) is 12.2 Å². The van der Waals surface area contributed by atoms with Gasteiger partial charge in [-0.05, 0) is 55.3 Å². The number of aliphatic hydroxyl groups is 2. The number of rotatable bonds is 6. The van der Waals surface area contributed by atoms with Crippen LogP contribution in [-0.2, 0) is 12.8 Å². The van der Waals surface area contributed by atoms with Gasteiger partial charge in [-0.2, -0.15) is 0 Å². The molecule has 4 nitrogen and oxygen atoms in total. The Bertz CT molecular complexity index is 436. The van der Waals surface area contributed by atoms with Crippen molar-refractivity contribution in [2.75, 3.05) is 13.2 Å². The molecule has 0 fully saturated rings. The number of hydrogen-bond donors (Lipinski definition) is 3. The molecule has 0 radical (unpaired) electrons. The zero-order chi connectivity index (χ0) is 14.5. The second-order valence-electron chi connectivity index (χ2n) is 5.83. The van der Waals surface area contributed by atoms with E-state index >= 15 is 0 Å². The van der Waals surface area contributed by atoms with Gasteiger partial charge in [0.1, 0.15) is 12.4 Å². The fourth-order valence-corrected chi connectivity index (χ4v) is 2.70. The Balaban J connectivity index is 1.95. The van der Waals surface area contributed by atoms with Crippen molar-refractivity contribution < 1.29 is 14.9 Å². The molecule has 2 rings (SSSR count). The highest BCUT2D eigenvalue weighted by molar-refractivity contribution is 5.42. The molecule has 0 aromatic heterocycles. The zero-order valence-corrected chi connectivity index (χ0v) is 12.1. The second-order valence-corrected chi connectivity index (χ2v) is 5.83. The Kier molecular flexibility index (Phi) is 5.40. The topological polar surface area (TPSA) is 75.7 Å². The third kappa shape index (κ3) is 3.95. The molecule has 0 aliphatic heterocycles. The van der Waals surface area contributed by atoms with Crippen LogP contribution in [0.1, 0.15) is 30.9 Å². The molecule has 4 heteroatoms. The maximum absolute atomic E-state index is 9.94. The molecule has 0 amide bonds. The highest BCUT2D eigenvalue weighted by atomic mass is 16.5. The first-order valence-corrected chi connectivity index (χ1v) is 7.40. The van der Waals surface area contributed by atoms with E-state index in [1.165, 1.54) is 5.56 Å². The average molecular weight is 279 g/mol. The van der Waals surface area contributed by atoms with Gasteiger partial charge in [0.15, 0.2) is 0 Å². The molecule has 4 N–H and O–H groups in total. The van der Waals surface area contributed by atoms with Crippen LogP contribution in [0, 0.1) is 5.92 Å². The molecule has 1 aromatic carbocycles. The largest absolute Gasteiger partial charge is 0.491 e. The van der Waals surface area contributed by atoms with Crippen molar-refractivity contribution in [1.29, 1.82) is 0 Å². The molecule has 0 heterocycles. The third-order valence-electron chi connectivity index (χ3n) is 3.92. The minimum Gasteiger partial charge on any atom is -0.491 e. The van der Waals surface area contributed by atoms with Crippen LogP contribution in [0.5, 0.6) is 5.75 Å². The molecule has 20 heavy (non-hydrogen) atoms. The Morgan fingerprint density at radius 2 is 2.25 bits per heavy atom. The van der Waals surface area contributed by atoms with Crippen LogP contribution >= 0.6 is 0 Å².